The molecule has 0 aromatic carbocycles. The molecule has 3 aliphatic rings. The van der Waals surface area contributed by atoms with Gasteiger partial charge in [0.1, 0.15) is 0 Å². The Morgan fingerprint density at radius 3 is 2.53 bits per heavy atom. The Morgan fingerprint density at radius 2 is 2.00 bits per heavy atom. The molecular weight excluding hydrogens is 238 g/mol. The molecule has 1 aliphatic heterocycles. The molecule has 3 atom stereocenters. The molecule has 2 saturated carbocycles. The first-order valence-electron chi connectivity index (χ1n) is 6.25. The predicted molar refractivity (Wildman–Crippen MR) is 63.6 cm³/mol. The normalized spacial score (nSPS) is 45.0. The first-order chi connectivity index (χ1) is 7.72. The van der Waals surface area contributed by atoms with E-state index in [1.165, 1.54) is 11.2 Å². The molecule has 3 fully saturated rings. The summed E-state index contributed by atoms with van der Waals surface area (Å²) in [7, 11) is -3.38. The molecule has 2 aliphatic carbocycles. The molecule has 96 valence electrons. The van der Waals surface area contributed by atoms with Gasteiger partial charge in [-0.25, -0.2) is 12.7 Å². The van der Waals surface area contributed by atoms with Crippen molar-refractivity contribution in [2.75, 3.05) is 5.75 Å². The first-order valence-corrected chi connectivity index (χ1v) is 7.86. The van der Waals surface area contributed by atoms with Crippen LogP contribution in [0, 0.1) is 16.7 Å². The van der Waals surface area contributed by atoms with Crippen molar-refractivity contribution in [1.29, 1.82) is 0 Å². The van der Waals surface area contributed by atoms with Gasteiger partial charge in [-0.2, -0.15) is 0 Å². The minimum atomic E-state index is -3.38. The SMILES string of the molecule is CC(=O)N1[C@@H]2C[C@H]3CCC2(CS1(=O)=O)C3(C)C. The zero-order valence-electron chi connectivity index (χ0n) is 10.6. The third-order valence-electron chi connectivity index (χ3n) is 5.72. The summed E-state index contributed by atoms with van der Waals surface area (Å²) in [5.74, 6) is 0.438. The molecule has 3 rings (SSSR count). The summed E-state index contributed by atoms with van der Waals surface area (Å²) >= 11 is 0. The molecule has 5 heteroatoms. The number of rotatable bonds is 0. The summed E-state index contributed by atoms with van der Waals surface area (Å²) in [6.45, 7) is 5.74. The van der Waals surface area contributed by atoms with Gasteiger partial charge in [-0.1, -0.05) is 13.8 Å². The van der Waals surface area contributed by atoms with E-state index in [-0.39, 0.29) is 28.5 Å². The van der Waals surface area contributed by atoms with Crippen molar-refractivity contribution in [1.82, 2.24) is 4.31 Å². The summed E-state index contributed by atoms with van der Waals surface area (Å²) in [5.41, 5.74) is -0.128. The van der Waals surface area contributed by atoms with Crippen LogP contribution in [0.2, 0.25) is 0 Å². The monoisotopic (exact) mass is 257 g/mol. The van der Waals surface area contributed by atoms with Crippen LogP contribution < -0.4 is 0 Å². The maximum absolute atomic E-state index is 12.2. The second-order valence-corrected chi connectivity index (χ2v) is 8.28. The standard InChI is InChI=1S/C12H19NO3S/c1-8(14)13-10-6-9-4-5-12(10,11(9,2)3)7-17(13,15)16/h9-10H,4-7H2,1-3H3/t9-,10-,12?/m1/s1. The molecule has 0 aromatic heterocycles. The highest BCUT2D eigenvalue weighted by molar-refractivity contribution is 7.90. The number of nitrogens with zero attached hydrogens (tertiary/aromatic N) is 1. The van der Waals surface area contributed by atoms with E-state index in [9.17, 15) is 13.2 Å². The van der Waals surface area contributed by atoms with Crippen molar-refractivity contribution in [3.05, 3.63) is 0 Å². The predicted octanol–water partition coefficient (Wildman–Crippen LogP) is 1.37. The fourth-order valence-corrected chi connectivity index (χ4v) is 7.27. The molecule has 1 saturated heterocycles. The van der Waals surface area contributed by atoms with Gasteiger partial charge >= 0.3 is 0 Å². The van der Waals surface area contributed by atoms with E-state index < -0.39 is 10.0 Å². The van der Waals surface area contributed by atoms with E-state index in [0.717, 1.165) is 19.3 Å². The highest BCUT2D eigenvalue weighted by atomic mass is 32.2. The van der Waals surface area contributed by atoms with Gasteiger partial charge in [0.05, 0.1) is 11.8 Å². The molecule has 1 heterocycles. The van der Waals surface area contributed by atoms with Crippen LogP contribution in [0.4, 0.5) is 0 Å². The Kier molecular flexibility index (Phi) is 1.94. The largest absolute Gasteiger partial charge is 0.274 e. The Labute approximate surface area is 102 Å². The smallest absolute Gasteiger partial charge is 0.238 e. The number of amides is 1. The molecule has 1 amide bonds. The van der Waals surface area contributed by atoms with E-state index in [2.05, 4.69) is 13.8 Å². The Morgan fingerprint density at radius 1 is 1.35 bits per heavy atom. The van der Waals surface area contributed by atoms with Crippen LogP contribution in [0.25, 0.3) is 0 Å². The van der Waals surface area contributed by atoms with Crippen LogP contribution in [0.15, 0.2) is 0 Å². The van der Waals surface area contributed by atoms with Crippen LogP contribution in [-0.4, -0.2) is 30.4 Å². The highest BCUT2D eigenvalue weighted by Crippen LogP contribution is 2.69. The molecule has 17 heavy (non-hydrogen) atoms. The molecule has 0 radical (unpaired) electrons. The lowest BCUT2D eigenvalue weighted by Crippen LogP contribution is -2.43. The van der Waals surface area contributed by atoms with Crippen LogP contribution >= 0.6 is 0 Å². The fraction of sp³-hybridized carbons (Fsp3) is 0.917. The molecule has 2 bridgehead atoms. The van der Waals surface area contributed by atoms with Crippen molar-refractivity contribution in [3.63, 3.8) is 0 Å². The third kappa shape index (κ3) is 1.09. The van der Waals surface area contributed by atoms with Gasteiger partial charge in [-0.3, -0.25) is 4.79 Å². The van der Waals surface area contributed by atoms with Crippen molar-refractivity contribution < 1.29 is 13.2 Å². The minimum absolute atomic E-state index is 0.0505. The van der Waals surface area contributed by atoms with Gasteiger partial charge in [0.25, 0.3) is 0 Å². The van der Waals surface area contributed by atoms with E-state index in [4.69, 9.17) is 0 Å². The average Bonchev–Trinajstić information content (AvgIpc) is 2.62. The zero-order chi connectivity index (χ0) is 12.6. The highest BCUT2D eigenvalue weighted by Gasteiger charge is 2.71. The minimum Gasteiger partial charge on any atom is -0.274 e. The van der Waals surface area contributed by atoms with Crippen LogP contribution in [-0.2, 0) is 14.8 Å². The zero-order valence-corrected chi connectivity index (χ0v) is 11.4. The molecule has 0 aromatic rings. The quantitative estimate of drug-likeness (QED) is 0.658. The molecular formula is C12H19NO3S. The number of carbonyl (C=O) groups excluding carboxylic acids is 1. The topological polar surface area (TPSA) is 54.5 Å². The van der Waals surface area contributed by atoms with Crippen molar-refractivity contribution in [3.8, 4) is 0 Å². The van der Waals surface area contributed by atoms with Gasteiger partial charge in [-0.15, -0.1) is 0 Å². The number of hydrogen-bond acceptors (Lipinski definition) is 3. The molecule has 0 N–H and O–H groups in total. The van der Waals surface area contributed by atoms with Crippen molar-refractivity contribution in [2.24, 2.45) is 16.7 Å². The first kappa shape index (κ1) is 11.5. The lowest BCUT2D eigenvalue weighted by molar-refractivity contribution is -0.126. The van der Waals surface area contributed by atoms with Gasteiger partial charge < -0.3 is 0 Å². The number of carbonyl (C=O) groups is 1. The molecule has 1 spiro atoms. The van der Waals surface area contributed by atoms with Crippen LogP contribution in [0.5, 0.6) is 0 Å². The maximum atomic E-state index is 12.2. The molecule has 1 unspecified atom stereocenters. The van der Waals surface area contributed by atoms with Crippen LogP contribution in [0.3, 0.4) is 0 Å². The Hall–Kier alpha value is -0.580. The Balaban J connectivity index is 2.15. The van der Waals surface area contributed by atoms with Gasteiger partial charge in [-0.05, 0) is 30.6 Å². The fourth-order valence-electron chi connectivity index (χ4n) is 4.70. The van der Waals surface area contributed by atoms with Gasteiger partial charge in [0, 0.05) is 12.3 Å². The van der Waals surface area contributed by atoms with E-state index in [1.807, 2.05) is 0 Å². The summed E-state index contributed by atoms with van der Waals surface area (Å²) in [6, 6.07) is -0.0706. The lowest BCUT2D eigenvalue weighted by atomic mass is 9.69. The average molecular weight is 257 g/mol. The second kappa shape index (κ2) is 2.87. The van der Waals surface area contributed by atoms with E-state index in [0.29, 0.717) is 5.92 Å². The number of hydrogen-bond donors (Lipinski definition) is 0. The summed E-state index contributed by atoms with van der Waals surface area (Å²) in [5, 5.41) is 0. The number of sulfonamides is 1. The summed E-state index contributed by atoms with van der Waals surface area (Å²) in [6.07, 6.45) is 2.94. The summed E-state index contributed by atoms with van der Waals surface area (Å²) in [4.78, 5) is 11.6. The van der Waals surface area contributed by atoms with Crippen molar-refractivity contribution >= 4 is 15.9 Å². The maximum Gasteiger partial charge on any atom is 0.238 e. The van der Waals surface area contributed by atoms with Gasteiger partial charge in [0.15, 0.2) is 0 Å². The summed E-state index contributed by atoms with van der Waals surface area (Å²) < 4.78 is 25.6. The third-order valence-corrected chi connectivity index (χ3v) is 7.71. The Bertz CT molecular complexity index is 496. The van der Waals surface area contributed by atoms with Crippen LogP contribution in [0.1, 0.15) is 40.0 Å². The lowest BCUT2D eigenvalue weighted by Gasteiger charge is -2.36. The van der Waals surface area contributed by atoms with E-state index in [1.54, 1.807) is 0 Å². The van der Waals surface area contributed by atoms with E-state index >= 15 is 0 Å². The second-order valence-electron chi connectivity index (χ2n) is 6.44. The van der Waals surface area contributed by atoms with Gasteiger partial charge in [0.2, 0.25) is 15.9 Å². The molecule has 4 nitrogen and oxygen atoms in total. The number of fused-ring (bicyclic) bond motifs is 1. The van der Waals surface area contributed by atoms with Crippen molar-refractivity contribution in [2.45, 2.75) is 46.1 Å².